The smallest absolute Gasteiger partial charge is 0.146 e. The van der Waals surface area contributed by atoms with Crippen molar-refractivity contribution in [1.29, 1.82) is 0 Å². The maximum atomic E-state index is 13.8. The van der Waals surface area contributed by atoms with Gasteiger partial charge in [0.25, 0.3) is 0 Å². The van der Waals surface area contributed by atoms with Gasteiger partial charge in [-0.25, -0.2) is 4.39 Å². The van der Waals surface area contributed by atoms with Gasteiger partial charge >= 0.3 is 0 Å². The molecule has 0 radical (unpaired) electrons. The average Bonchev–Trinajstić information content (AvgIpc) is 2.43. The normalized spacial score (nSPS) is 17.8. The second-order valence-corrected chi connectivity index (χ2v) is 5.73. The molecule has 0 saturated carbocycles. The monoisotopic (exact) mass is 284 g/mol. The molecule has 106 valence electrons. The maximum absolute atomic E-state index is 13.8. The van der Waals surface area contributed by atoms with E-state index in [1.807, 2.05) is 19.2 Å². The first-order chi connectivity index (χ1) is 9.20. The summed E-state index contributed by atoms with van der Waals surface area (Å²) in [5.41, 5.74) is 0.709. The van der Waals surface area contributed by atoms with Crippen LogP contribution in [0.2, 0.25) is 5.02 Å². The molecule has 1 saturated heterocycles. The van der Waals surface area contributed by atoms with Crippen molar-refractivity contribution >= 4 is 11.6 Å². The minimum absolute atomic E-state index is 0.224. The lowest BCUT2D eigenvalue weighted by atomic mass is 9.93. The van der Waals surface area contributed by atoms with E-state index in [0.29, 0.717) is 12.1 Å². The van der Waals surface area contributed by atoms with Crippen molar-refractivity contribution in [3.8, 4) is 0 Å². The van der Waals surface area contributed by atoms with Crippen LogP contribution in [-0.2, 0) is 6.54 Å². The van der Waals surface area contributed by atoms with Gasteiger partial charge in [0, 0.05) is 12.1 Å². The lowest BCUT2D eigenvalue weighted by Crippen LogP contribution is -2.34. The van der Waals surface area contributed by atoms with Crippen molar-refractivity contribution in [3.05, 3.63) is 34.6 Å². The molecule has 1 aromatic carbocycles. The first-order valence-electron chi connectivity index (χ1n) is 7.00. The summed E-state index contributed by atoms with van der Waals surface area (Å²) in [5, 5.41) is 3.43. The number of benzene rings is 1. The van der Waals surface area contributed by atoms with Crippen molar-refractivity contribution in [3.63, 3.8) is 0 Å². The first kappa shape index (κ1) is 14.8. The molecule has 1 aliphatic heterocycles. The highest BCUT2D eigenvalue weighted by molar-refractivity contribution is 6.30. The van der Waals surface area contributed by atoms with Crippen LogP contribution in [0.5, 0.6) is 0 Å². The topological polar surface area (TPSA) is 15.3 Å². The molecule has 1 fully saturated rings. The number of hydrogen-bond acceptors (Lipinski definition) is 2. The molecule has 0 spiro atoms. The Kier molecular flexibility index (Phi) is 5.61. The fraction of sp³-hybridized carbons (Fsp3) is 0.600. The van der Waals surface area contributed by atoms with Crippen LogP contribution in [0.4, 0.5) is 4.39 Å². The molecule has 2 nitrogen and oxygen atoms in total. The first-order valence-corrected chi connectivity index (χ1v) is 7.38. The fourth-order valence-electron chi connectivity index (χ4n) is 2.69. The molecular weight excluding hydrogens is 263 g/mol. The van der Waals surface area contributed by atoms with Crippen LogP contribution in [0.25, 0.3) is 0 Å². The van der Waals surface area contributed by atoms with Crippen molar-refractivity contribution in [2.24, 2.45) is 5.92 Å². The van der Waals surface area contributed by atoms with Gasteiger partial charge in [-0.2, -0.15) is 0 Å². The fourth-order valence-corrected chi connectivity index (χ4v) is 2.89. The Morgan fingerprint density at radius 2 is 2.11 bits per heavy atom. The molecule has 0 atom stereocenters. The van der Waals surface area contributed by atoms with Crippen molar-refractivity contribution < 1.29 is 4.39 Å². The Labute approximate surface area is 119 Å². The highest BCUT2D eigenvalue weighted by Crippen LogP contribution is 2.24. The quantitative estimate of drug-likeness (QED) is 0.892. The molecule has 1 heterocycles. The van der Waals surface area contributed by atoms with Gasteiger partial charge in [-0.15, -0.1) is 0 Å². The summed E-state index contributed by atoms with van der Waals surface area (Å²) in [6.07, 6.45) is 3.67. The van der Waals surface area contributed by atoms with Crippen LogP contribution in [-0.4, -0.2) is 31.6 Å². The molecule has 0 unspecified atom stereocenters. The molecule has 0 aromatic heterocycles. The van der Waals surface area contributed by atoms with E-state index >= 15 is 0 Å². The van der Waals surface area contributed by atoms with E-state index in [4.69, 9.17) is 11.6 Å². The van der Waals surface area contributed by atoms with Gasteiger partial charge in [0.15, 0.2) is 0 Å². The summed E-state index contributed by atoms with van der Waals surface area (Å²) >= 11 is 5.81. The second-order valence-electron chi connectivity index (χ2n) is 5.32. The van der Waals surface area contributed by atoms with E-state index in [1.54, 1.807) is 6.07 Å². The Morgan fingerprint density at radius 1 is 1.37 bits per heavy atom. The molecular formula is C15H22ClFN2. The van der Waals surface area contributed by atoms with Crippen molar-refractivity contribution in [2.75, 3.05) is 26.7 Å². The van der Waals surface area contributed by atoms with Crippen molar-refractivity contribution in [2.45, 2.75) is 25.8 Å². The summed E-state index contributed by atoms with van der Waals surface area (Å²) in [6.45, 7) is 3.87. The van der Waals surface area contributed by atoms with Crippen LogP contribution < -0.4 is 5.32 Å². The third-order valence-corrected chi connectivity index (χ3v) is 4.23. The Hall–Kier alpha value is -0.640. The predicted molar refractivity (Wildman–Crippen MR) is 78.0 cm³/mol. The van der Waals surface area contributed by atoms with Gasteiger partial charge in [0.1, 0.15) is 5.82 Å². The molecule has 2 rings (SSSR count). The number of rotatable bonds is 5. The Balaban J connectivity index is 1.84. The third kappa shape index (κ3) is 4.16. The summed E-state index contributed by atoms with van der Waals surface area (Å²) in [4.78, 5) is 2.32. The lowest BCUT2D eigenvalue weighted by molar-refractivity contribution is 0.171. The number of halogens is 2. The maximum Gasteiger partial charge on any atom is 0.146 e. The highest BCUT2D eigenvalue weighted by atomic mass is 35.5. The highest BCUT2D eigenvalue weighted by Gasteiger charge is 2.19. The van der Waals surface area contributed by atoms with E-state index in [0.717, 1.165) is 25.6 Å². The number of nitrogens with zero attached hydrogens (tertiary/aromatic N) is 1. The van der Waals surface area contributed by atoms with Gasteiger partial charge in [0.2, 0.25) is 0 Å². The summed E-state index contributed by atoms with van der Waals surface area (Å²) < 4.78 is 13.8. The number of nitrogens with one attached hydrogen (secondary N) is 1. The molecule has 4 heteroatoms. The molecule has 0 amide bonds. The second kappa shape index (κ2) is 7.22. The van der Waals surface area contributed by atoms with Crippen LogP contribution >= 0.6 is 11.6 Å². The molecule has 0 bridgehead atoms. The van der Waals surface area contributed by atoms with Gasteiger partial charge in [-0.05, 0) is 57.9 Å². The lowest BCUT2D eigenvalue weighted by Gasteiger charge is -2.32. The van der Waals surface area contributed by atoms with Crippen LogP contribution in [0.3, 0.4) is 0 Å². The van der Waals surface area contributed by atoms with Crippen LogP contribution in [0, 0.1) is 11.7 Å². The average molecular weight is 285 g/mol. The van der Waals surface area contributed by atoms with Crippen LogP contribution in [0.15, 0.2) is 18.2 Å². The van der Waals surface area contributed by atoms with E-state index in [2.05, 4.69) is 10.2 Å². The minimum atomic E-state index is -0.263. The Morgan fingerprint density at radius 3 is 2.79 bits per heavy atom. The number of hydrogen-bond donors (Lipinski definition) is 1. The Bertz CT molecular complexity index is 403. The third-order valence-electron chi connectivity index (χ3n) is 3.94. The zero-order chi connectivity index (χ0) is 13.7. The van der Waals surface area contributed by atoms with E-state index < -0.39 is 0 Å². The molecule has 1 N–H and O–H groups in total. The van der Waals surface area contributed by atoms with Crippen molar-refractivity contribution in [1.82, 2.24) is 10.2 Å². The number of piperidine rings is 1. The van der Waals surface area contributed by atoms with Gasteiger partial charge in [-0.3, -0.25) is 4.90 Å². The zero-order valence-corrected chi connectivity index (χ0v) is 12.2. The van der Waals surface area contributed by atoms with Gasteiger partial charge in [-0.1, -0.05) is 23.7 Å². The summed E-state index contributed by atoms with van der Waals surface area (Å²) in [7, 11) is 2.00. The van der Waals surface area contributed by atoms with E-state index in [9.17, 15) is 4.39 Å². The van der Waals surface area contributed by atoms with Gasteiger partial charge in [0.05, 0.1) is 5.02 Å². The predicted octanol–water partition coefficient (Wildman–Crippen LogP) is 3.30. The molecule has 1 aliphatic rings. The number of likely N-dealkylation sites (tertiary alicyclic amines) is 1. The van der Waals surface area contributed by atoms with Gasteiger partial charge < -0.3 is 5.32 Å². The van der Waals surface area contributed by atoms with E-state index in [1.165, 1.54) is 19.3 Å². The molecule has 0 aliphatic carbocycles. The van der Waals surface area contributed by atoms with E-state index in [-0.39, 0.29) is 10.8 Å². The molecule has 19 heavy (non-hydrogen) atoms. The van der Waals surface area contributed by atoms with Crippen LogP contribution in [0.1, 0.15) is 24.8 Å². The standard InChI is InChI=1S/C15H22ClFN2/c1-18-8-5-12-6-9-19(10-7-12)11-13-3-2-4-14(16)15(13)17/h2-4,12,18H,5-11H2,1H3. The summed E-state index contributed by atoms with van der Waals surface area (Å²) in [5.74, 6) is 0.550. The zero-order valence-electron chi connectivity index (χ0n) is 11.5. The molecule has 1 aromatic rings. The SMILES string of the molecule is CNCCC1CCN(Cc2cccc(Cl)c2F)CC1. The largest absolute Gasteiger partial charge is 0.320 e. The summed E-state index contributed by atoms with van der Waals surface area (Å²) in [6, 6.07) is 5.25. The minimum Gasteiger partial charge on any atom is -0.320 e.